The van der Waals surface area contributed by atoms with E-state index in [-0.39, 0.29) is 47.5 Å². The zero-order valence-electron chi connectivity index (χ0n) is 24.7. The Morgan fingerprint density at radius 3 is 2.27 bits per heavy atom. The van der Waals surface area contributed by atoms with Gasteiger partial charge >= 0.3 is 5.97 Å². The Labute approximate surface area is 241 Å². The van der Waals surface area contributed by atoms with Crippen LogP contribution >= 0.6 is 0 Å². The topological polar surface area (TPSA) is 66.8 Å². The molecule has 0 spiro atoms. The van der Waals surface area contributed by atoms with Gasteiger partial charge in [-0.05, 0) is 104 Å². The van der Waals surface area contributed by atoms with E-state index in [1.807, 2.05) is 0 Å². The number of halogens is 4. The van der Waals surface area contributed by atoms with Gasteiger partial charge in [-0.25, -0.2) is 17.6 Å². The molecular formula is C33H46F4O4. The molecule has 4 nitrogen and oxygen atoms in total. The van der Waals surface area contributed by atoms with Crippen LogP contribution in [-0.4, -0.2) is 34.3 Å². The van der Waals surface area contributed by atoms with Gasteiger partial charge in [0.1, 0.15) is 17.7 Å². The van der Waals surface area contributed by atoms with Gasteiger partial charge in [-0.15, -0.1) is 0 Å². The Kier molecular flexibility index (Phi) is 8.34. The van der Waals surface area contributed by atoms with Crippen LogP contribution in [0.15, 0.2) is 18.2 Å². The number of aliphatic hydroxyl groups is 2. The molecule has 11 atom stereocenters. The summed E-state index contributed by atoms with van der Waals surface area (Å²) in [6.07, 6.45) is 2.53. The predicted molar refractivity (Wildman–Crippen MR) is 147 cm³/mol. The smallest absolute Gasteiger partial charge is 0.303 e. The SMILES string of the molecule is CC(=O)OC(CCC[C@@H](C)[C@H]1CC[C@H]2[C@H]3[C@H](CC[C@]12C)[C@@]1(C)CC[C@H](O)[C@H](O)[C@@H]1CC3(F)F)c1c(F)cccc1F. The second kappa shape index (κ2) is 11.1. The minimum absolute atomic E-state index is 0.105. The maximum Gasteiger partial charge on any atom is 0.303 e. The molecule has 4 saturated carbocycles. The number of hydrogen-bond donors (Lipinski definition) is 2. The molecule has 0 amide bonds. The molecule has 41 heavy (non-hydrogen) atoms. The minimum Gasteiger partial charge on any atom is -0.457 e. The van der Waals surface area contributed by atoms with Crippen LogP contribution in [0.2, 0.25) is 0 Å². The largest absolute Gasteiger partial charge is 0.457 e. The summed E-state index contributed by atoms with van der Waals surface area (Å²) in [5, 5.41) is 21.0. The zero-order chi connectivity index (χ0) is 29.9. The van der Waals surface area contributed by atoms with E-state index in [9.17, 15) is 23.8 Å². The molecule has 4 aliphatic carbocycles. The lowest BCUT2D eigenvalue weighted by Gasteiger charge is -2.63. The third-order valence-electron chi connectivity index (χ3n) is 12.2. The third-order valence-corrected chi connectivity index (χ3v) is 12.2. The van der Waals surface area contributed by atoms with Crippen molar-refractivity contribution in [2.45, 2.75) is 116 Å². The molecule has 5 rings (SSSR count). The summed E-state index contributed by atoms with van der Waals surface area (Å²) in [7, 11) is 0. The van der Waals surface area contributed by atoms with Crippen molar-refractivity contribution in [2.75, 3.05) is 0 Å². The average molecular weight is 583 g/mol. The Hall–Kier alpha value is -1.67. The lowest BCUT2D eigenvalue weighted by molar-refractivity contribution is -0.258. The summed E-state index contributed by atoms with van der Waals surface area (Å²) >= 11 is 0. The number of alkyl halides is 2. The number of carbonyl (C=O) groups excluding carboxylic acids is 1. The van der Waals surface area contributed by atoms with Gasteiger partial charge in [0.25, 0.3) is 5.92 Å². The Morgan fingerprint density at radius 1 is 0.976 bits per heavy atom. The van der Waals surface area contributed by atoms with Crippen LogP contribution in [0.5, 0.6) is 0 Å². The van der Waals surface area contributed by atoms with Crippen molar-refractivity contribution in [3.8, 4) is 0 Å². The molecule has 4 aliphatic rings. The van der Waals surface area contributed by atoms with Crippen molar-refractivity contribution in [1.29, 1.82) is 0 Å². The van der Waals surface area contributed by atoms with Gasteiger partial charge in [0, 0.05) is 19.3 Å². The summed E-state index contributed by atoms with van der Waals surface area (Å²) in [6.45, 7) is 7.66. The number of fused-ring (bicyclic) bond motifs is 5. The highest BCUT2D eigenvalue weighted by Gasteiger charge is 2.69. The van der Waals surface area contributed by atoms with E-state index >= 15 is 8.78 Å². The van der Waals surface area contributed by atoms with Crippen LogP contribution in [0.4, 0.5) is 17.6 Å². The van der Waals surface area contributed by atoms with E-state index < -0.39 is 59.1 Å². The first-order valence-electron chi connectivity index (χ1n) is 15.6. The normalized spacial score (nSPS) is 41.1. The number of hydrogen-bond acceptors (Lipinski definition) is 4. The highest BCUT2D eigenvalue weighted by Crippen LogP contribution is 2.71. The summed E-state index contributed by atoms with van der Waals surface area (Å²) in [4.78, 5) is 11.7. The summed E-state index contributed by atoms with van der Waals surface area (Å²) in [5.74, 6) is -6.09. The van der Waals surface area contributed by atoms with E-state index in [4.69, 9.17) is 4.74 Å². The average Bonchev–Trinajstić information content (AvgIpc) is 3.24. The first kappa shape index (κ1) is 30.8. The van der Waals surface area contributed by atoms with Crippen LogP contribution in [0, 0.1) is 58.0 Å². The number of aliphatic hydroxyl groups excluding tert-OH is 2. The van der Waals surface area contributed by atoms with Crippen molar-refractivity contribution in [1.82, 2.24) is 0 Å². The van der Waals surface area contributed by atoms with E-state index in [0.29, 0.717) is 25.7 Å². The van der Waals surface area contributed by atoms with E-state index in [0.717, 1.165) is 37.8 Å². The van der Waals surface area contributed by atoms with Gasteiger partial charge in [0.05, 0.1) is 17.8 Å². The molecule has 0 bridgehead atoms. The van der Waals surface area contributed by atoms with Crippen molar-refractivity contribution >= 4 is 5.97 Å². The van der Waals surface area contributed by atoms with Gasteiger partial charge in [0.15, 0.2) is 0 Å². The Bertz CT molecular complexity index is 1110. The fourth-order valence-corrected chi connectivity index (χ4v) is 10.3. The molecule has 0 saturated heterocycles. The molecule has 1 unspecified atom stereocenters. The Morgan fingerprint density at radius 2 is 1.61 bits per heavy atom. The second-order valence-corrected chi connectivity index (χ2v) is 14.3. The molecule has 0 aliphatic heterocycles. The molecule has 0 radical (unpaired) electrons. The number of esters is 1. The molecule has 4 fully saturated rings. The van der Waals surface area contributed by atoms with Crippen molar-refractivity contribution in [3.05, 3.63) is 35.4 Å². The van der Waals surface area contributed by atoms with Crippen molar-refractivity contribution < 1.29 is 37.3 Å². The molecule has 0 heterocycles. The number of carbonyl (C=O) groups is 1. The van der Waals surface area contributed by atoms with Crippen LogP contribution in [0.25, 0.3) is 0 Å². The highest BCUT2D eigenvalue weighted by atomic mass is 19.3. The van der Waals surface area contributed by atoms with Gasteiger partial charge in [-0.1, -0.05) is 33.3 Å². The van der Waals surface area contributed by atoms with Crippen LogP contribution in [-0.2, 0) is 9.53 Å². The van der Waals surface area contributed by atoms with E-state index in [2.05, 4.69) is 20.8 Å². The molecule has 8 heteroatoms. The van der Waals surface area contributed by atoms with Crippen molar-refractivity contribution in [2.24, 2.45) is 46.3 Å². The summed E-state index contributed by atoms with van der Waals surface area (Å²) in [6, 6.07) is 3.60. The second-order valence-electron chi connectivity index (χ2n) is 14.3. The molecule has 1 aromatic rings. The monoisotopic (exact) mass is 582 g/mol. The molecule has 230 valence electrons. The van der Waals surface area contributed by atoms with Gasteiger partial charge in [0.2, 0.25) is 0 Å². The zero-order valence-corrected chi connectivity index (χ0v) is 24.7. The first-order valence-corrected chi connectivity index (χ1v) is 15.6. The lowest BCUT2D eigenvalue weighted by atomic mass is 9.43. The summed E-state index contributed by atoms with van der Waals surface area (Å²) in [5.41, 5.74) is -0.857. The van der Waals surface area contributed by atoms with Crippen LogP contribution in [0.3, 0.4) is 0 Å². The third kappa shape index (κ3) is 5.23. The van der Waals surface area contributed by atoms with E-state index in [1.165, 1.54) is 13.0 Å². The van der Waals surface area contributed by atoms with E-state index in [1.54, 1.807) is 0 Å². The number of benzene rings is 1. The molecule has 0 aromatic heterocycles. The minimum atomic E-state index is -2.89. The maximum absolute atomic E-state index is 16.0. The van der Waals surface area contributed by atoms with Crippen molar-refractivity contribution in [3.63, 3.8) is 0 Å². The fourth-order valence-electron chi connectivity index (χ4n) is 10.3. The predicted octanol–water partition coefficient (Wildman–Crippen LogP) is 7.61. The van der Waals surface area contributed by atoms with Crippen LogP contribution in [0.1, 0.15) is 104 Å². The van der Waals surface area contributed by atoms with Crippen LogP contribution < -0.4 is 0 Å². The highest BCUT2D eigenvalue weighted by molar-refractivity contribution is 5.66. The fraction of sp³-hybridized carbons (Fsp3) is 0.788. The lowest BCUT2D eigenvalue weighted by Crippen LogP contribution is -2.64. The summed E-state index contributed by atoms with van der Waals surface area (Å²) < 4.78 is 66.4. The number of ether oxygens (including phenoxy) is 1. The molecule has 2 N–H and O–H groups in total. The van der Waals surface area contributed by atoms with Gasteiger partial charge < -0.3 is 14.9 Å². The maximum atomic E-state index is 16.0. The molecule has 1 aromatic carbocycles. The Balaban J connectivity index is 1.29. The number of rotatable bonds is 7. The van der Waals surface area contributed by atoms with Gasteiger partial charge in [-0.3, -0.25) is 4.79 Å². The first-order chi connectivity index (χ1) is 19.2. The standard InChI is InChI=1S/C33H46F4O4/c1-18(7-5-10-27(41-19(2)38)28-24(34)8-6-9-25(28)35)20-11-12-21-29-22(13-15-31(20,21)3)32(4)16-14-26(39)30(40)23(32)17-33(29,36)37/h6,8-9,18,20-23,26-27,29-30,39-40H,5,7,10-17H2,1-4H3/t18-,20-,21+,22+,23+,26+,27?,29+,30-,31-,32-/m1/s1. The molecular weight excluding hydrogens is 536 g/mol. The quantitative estimate of drug-likeness (QED) is 0.257. The van der Waals surface area contributed by atoms with Gasteiger partial charge in [-0.2, -0.15) is 0 Å².